The van der Waals surface area contributed by atoms with Gasteiger partial charge in [0.2, 0.25) is 0 Å². The first kappa shape index (κ1) is 18.2. The summed E-state index contributed by atoms with van der Waals surface area (Å²) in [6, 6.07) is 8.72. The van der Waals surface area contributed by atoms with E-state index in [2.05, 4.69) is 0 Å². The normalized spacial score (nSPS) is 15.4. The van der Waals surface area contributed by atoms with Crippen LogP contribution in [0.25, 0.3) is 0 Å². The molecule has 0 N–H and O–H groups in total. The van der Waals surface area contributed by atoms with E-state index < -0.39 is 0 Å². The number of hydrogen-bond donors (Lipinski definition) is 0. The summed E-state index contributed by atoms with van der Waals surface area (Å²) >= 11 is 18.4. The standard InChI is InChI=1S/C18H15Cl3O4/c1-23-18(22)4-11-9-24-16-7-17(15(21)6-13(11)16)25-8-10-2-3-12(19)5-14(10)20/h2-3,5-7,11H,4,8-9H2,1H3/t11-/m1/s1. The van der Waals surface area contributed by atoms with Gasteiger partial charge in [0.15, 0.2) is 0 Å². The van der Waals surface area contributed by atoms with Crippen LogP contribution in [0.1, 0.15) is 23.5 Å². The molecule has 1 aliphatic heterocycles. The Morgan fingerprint density at radius 2 is 2.00 bits per heavy atom. The van der Waals surface area contributed by atoms with Crippen LogP contribution in [-0.4, -0.2) is 19.7 Å². The minimum atomic E-state index is -0.282. The number of ether oxygens (including phenoxy) is 3. The Bertz CT molecular complexity index is 807. The Hall–Kier alpha value is -1.62. The van der Waals surface area contributed by atoms with Gasteiger partial charge in [-0.15, -0.1) is 0 Å². The molecule has 25 heavy (non-hydrogen) atoms. The summed E-state index contributed by atoms with van der Waals surface area (Å²) < 4.78 is 16.1. The highest BCUT2D eigenvalue weighted by molar-refractivity contribution is 6.35. The summed E-state index contributed by atoms with van der Waals surface area (Å²) in [5.41, 5.74) is 1.68. The summed E-state index contributed by atoms with van der Waals surface area (Å²) in [7, 11) is 1.37. The van der Waals surface area contributed by atoms with E-state index in [1.165, 1.54) is 7.11 Å². The summed E-state index contributed by atoms with van der Waals surface area (Å²) in [5, 5.41) is 1.54. The highest BCUT2D eigenvalue weighted by atomic mass is 35.5. The van der Waals surface area contributed by atoms with Gasteiger partial charge in [0.25, 0.3) is 0 Å². The minimum absolute atomic E-state index is 0.0697. The Kier molecular flexibility index (Phi) is 5.62. The molecule has 0 aromatic heterocycles. The second-order valence-corrected chi connectivity index (χ2v) is 6.88. The Morgan fingerprint density at radius 1 is 1.20 bits per heavy atom. The Labute approximate surface area is 160 Å². The highest BCUT2D eigenvalue weighted by Gasteiger charge is 2.28. The fraction of sp³-hybridized carbons (Fsp3) is 0.278. The number of esters is 1. The second-order valence-electron chi connectivity index (χ2n) is 5.63. The Morgan fingerprint density at radius 3 is 2.72 bits per heavy atom. The molecule has 0 saturated carbocycles. The van der Waals surface area contributed by atoms with Gasteiger partial charge in [0.1, 0.15) is 18.1 Å². The van der Waals surface area contributed by atoms with E-state index in [0.29, 0.717) is 33.2 Å². The van der Waals surface area contributed by atoms with Crippen molar-refractivity contribution in [3.05, 3.63) is 56.5 Å². The van der Waals surface area contributed by atoms with Crippen LogP contribution in [0.4, 0.5) is 0 Å². The van der Waals surface area contributed by atoms with Gasteiger partial charge in [-0.3, -0.25) is 4.79 Å². The lowest BCUT2D eigenvalue weighted by Crippen LogP contribution is -2.09. The van der Waals surface area contributed by atoms with Gasteiger partial charge in [-0.25, -0.2) is 0 Å². The van der Waals surface area contributed by atoms with E-state index in [4.69, 9.17) is 49.0 Å². The molecule has 1 heterocycles. The topological polar surface area (TPSA) is 44.8 Å². The molecule has 0 fully saturated rings. The monoisotopic (exact) mass is 400 g/mol. The lowest BCUT2D eigenvalue weighted by molar-refractivity contribution is -0.141. The molecule has 7 heteroatoms. The van der Waals surface area contributed by atoms with Crippen LogP contribution < -0.4 is 9.47 Å². The average molecular weight is 402 g/mol. The van der Waals surface area contributed by atoms with Crippen LogP contribution in [0.2, 0.25) is 15.1 Å². The van der Waals surface area contributed by atoms with Crippen LogP contribution >= 0.6 is 34.8 Å². The zero-order chi connectivity index (χ0) is 18.0. The maximum Gasteiger partial charge on any atom is 0.306 e. The Balaban J connectivity index is 1.75. The number of methoxy groups -OCH3 is 1. The number of carbonyl (C=O) groups excluding carboxylic acids is 1. The first-order valence-electron chi connectivity index (χ1n) is 7.57. The van der Waals surface area contributed by atoms with Gasteiger partial charge in [-0.05, 0) is 18.2 Å². The summed E-state index contributed by atoms with van der Waals surface area (Å²) in [4.78, 5) is 11.5. The van der Waals surface area contributed by atoms with Crippen molar-refractivity contribution in [1.29, 1.82) is 0 Å². The molecule has 2 aromatic carbocycles. The van der Waals surface area contributed by atoms with Crippen molar-refractivity contribution in [3.63, 3.8) is 0 Å². The fourth-order valence-electron chi connectivity index (χ4n) is 2.63. The van der Waals surface area contributed by atoms with Gasteiger partial charge in [0.05, 0.1) is 25.2 Å². The van der Waals surface area contributed by atoms with Crippen LogP contribution in [0, 0.1) is 0 Å². The summed E-state index contributed by atoms with van der Waals surface area (Å²) in [6.07, 6.45) is 0.250. The second kappa shape index (κ2) is 7.73. The van der Waals surface area contributed by atoms with E-state index in [9.17, 15) is 4.79 Å². The third-order valence-corrected chi connectivity index (χ3v) is 4.87. The van der Waals surface area contributed by atoms with Crippen LogP contribution in [0.3, 0.4) is 0 Å². The van der Waals surface area contributed by atoms with Crippen molar-refractivity contribution in [2.24, 2.45) is 0 Å². The lowest BCUT2D eigenvalue weighted by Gasteiger charge is -2.12. The summed E-state index contributed by atoms with van der Waals surface area (Å²) in [6.45, 7) is 0.660. The van der Waals surface area contributed by atoms with Crippen LogP contribution in [0.15, 0.2) is 30.3 Å². The van der Waals surface area contributed by atoms with Crippen molar-refractivity contribution in [2.45, 2.75) is 18.9 Å². The molecule has 2 aromatic rings. The number of fused-ring (bicyclic) bond motifs is 1. The quantitative estimate of drug-likeness (QED) is 0.641. The molecular weight excluding hydrogens is 387 g/mol. The molecular formula is C18H15Cl3O4. The molecule has 132 valence electrons. The van der Waals surface area contributed by atoms with E-state index in [1.54, 1.807) is 30.3 Å². The molecule has 0 radical (unpaired) electrons. The van der Waals surface area contributed by atoms with Gasteiger partial charge < -0.3 is 14.2 Å². The molecule has 1 atom stereocenters. The number of hydrogen-bond acceptors (Lipinski definition) is 4. The van der Waals surface area contributed by atoms with Gasteiger partial charge in [-0.1, -0.05) is 40.9 Å². The molecule has 0 spiro atoms. The molecule has 3 rings (SSSR count). The molecule has 0 bridgehead atoms. The van der Waals surface area contributed by atoms with E-state index in [-0.39, 0.29) is 24.9 Å². The van der Waals surface area contributed by atoms with Gasteiger partial charge in [-0.2, -0.15) is 0 Å². The SMILES string of the molecule is COC(=O)C[C@@H]1COc2cc(OCc3ccc(Cl)cc3Cl)c(Cl)cc21. The maximum absolute atomic E-state index is 11.5. The van der Waals surface area contributed by atoms with E-state index in [1.807, 2.05) is 0 Å². The molecule has 1 aliphatic rings. The molecule has 0 saturated heterocycles. The third kappa shape index (κ3) is 4.14. The van der Waals surface area contributed by atoms with E-state index in [0.717, 1.165) is 11.1 Å². The maximum atomic E-state index is 11.5. The molecule has 0 aliphatic carbocycles. The molecule has 0 unspecified atom stereocenters. The van der Waals surface area contributed by atoms with Gasteiger partial charge in [0, 0.05) is 33.2 Å². The predicted octanol–water partition coefficient (Wildman–Crippen LogP) is 5.26. The average Bonchev–Trinajstić information content (AvgIpc) is 2.95. The van der Waals surface area contributed by atoms with E-state index >= 15 is 0 Å². The number of halogens is 3. The van der Waals surface area contributed by atoms with Crippen molar-refractivity contribution < 1.29 is 19.0 Å². The van der Waals surface area contributed by atoms with Crippen molar-refractivity contribution in [2.75, 3.05) is 13.7 Å². The number of benzene rings is 2. The zero-order valence-electron chi connectivity index (χ0n) is 13.4. The largest absolute Gasteiger partial charge is 0.492 e. The van der Waals surface area contributed by atoms with Crippen LogP contribution in [-0.2, 0) is 16.1 Å². The van der Waals surface area contributed by atoms with Crippen LogP contribution in [0.5, 0.6) is 11.5 Å². The fourth-order valence-corrected chi connectivity index (χ4v) is 3.32. The molecule has 4 nitrogen and oxygen atoms in total. The number of rotatable bonds is 5. The van der Waals surface area contributed by atoms with Gasteiger partial charge >= 0.3 is 5.97 Å². The first-order chi connectivity index (χ1) is 12.0. The third-order valence-electron chi connectivity index (χ3n) is 3.98. The molecule has 0 amide bonds. The van der Waals surface area contributed by atoms with Crippen molar-refractivity contribution >= 4 is 40.8 Å². The highest BCUT2D eigenvalue weighted by Crippen LogP contribution is 2.42. The first-order valence-corrected chi connectivity index (χ1v) is 8.71. The summed E-state index contributed by atoms with van der Waals surface area (Å²) in [5.74, 6) is 0.802. The smallest absolute Gasteiger partial charge is 0.306 e. The predicted molar refractivity (Wildman–Crippen MR) is 97.1 cm³/mol. The zero-order valence-corrected chi connectivity index (χ0v) is 15.6. The number of carbonyl (C=O) groups is 1. The lowest BCUT2D eigenvalue weighted by atomic mass is 9.98. The van der Waals surface area contributed by atoms with Crippen molar-refractivity contribution in [3.8, 4) is 11.5 Å². The minimum Gasteiger partial charge on any atom is -0.492 e. The van der Waals surface area contributed by atoms with Crippen molar-refractivity contribution in [1.82, 2.24) is 0 Å².